The highest BCUT2D eigenvalue weighted by atomic mass is 19.4. The lowest BCUT2D eigenvalue weighted by Crippen LogP contribution is -2.12. The summed E-state index contributed by atoms with van der Waals surface area (Å²) in [5, 5.41) is 3.83. The quantitative estimate of drug-likeness (QED) is 0.659. The van der Waals surface area contributed by atoms with Gasteiger partial charge in [-0.2, -0.15) is 23.3 Å². The van der Waals surface area contributed by atoms with Gasteiger partial charge in [-0.25, -0.2) is 5.84 Å². The zero-order chi connectivity index (χ0) is 14.0. The Kier molecular flexibility index (Phi) is 3.30. The van der Waals surface area contributed by atoms with E-state index in [1.807, 2.05) is 0 Å². The standard InChI is InChI=1S/C10H10F3N5O/c1-18-5-7(4-15-18)19-9-3-6(10(11,12)13)2-8(16-9)17-14/h2-5H,14H2,1H3,(H,16,17). The lowest BCUT2D eigenvalue weighted by atomic mass is 10.2. The number of nitrogen functional groups attached to an aromatic ring is 1. The predicted molar refractivity (Wildman–Crippen MR) is 60.3 cm³/mol. The van der Waals surface area contributed by atoms with Crippen molar-refractivity contribution in [3.05, 3.63) is 30.1 Å². The van der Waals surface area contributed by atoms with Gasteiger partial charge in [0.05, 0.1) is 18.0 Å². The van der Waals surface area contributed by atoms with Crippen molar-refractivity contribution in [1.82, 2.24) is 14.8 Å². The van der Waals surface area contributed by atoms with Crippen LogP contribution >= 0.6 is 0 Å². The first kappa shape index (κ1) is 13.1. The summed E-state index contributed by atoms with van der Waals surface area (Å²) in [6.45, 7) is 0. The Balaban J connectivity index is 2.34. The average Bonchev–Trinajstić information content (AvgIpc) is 2.73. The van der Waals surface area contributed by atoms with E-state index in [2.05, 4.69) is 15.5 Å². The second kappa shape index (κ2) is 4.76. The van der Waals surface area contributed by atoms with Crippen LogP contribution in [0.25, 0.3) is 0 Å². The molecule has 2 rings (SSSR count). The average molecular weight is 273 g/mol. The summed E-state index contributed by atoms with van der Waals surface area (Å²) in [6.07, 6.45) is -1.66. The van der Waals surface area contributed by atoms with Gasteiger partial charge >= 0.3 is 6.18 Å². The second-order valence-corrected chi connectivity index (χ2v) is 3.67. The van der Waals surface area contributed by atoms with Crippen molar-refractivity contribution < 1.29 is 17.9 Å². The van der Waals surface area contributed by atoms with Crippen LogP contribution in [0, 0.1) is 0 Å². The van der Waals surface area contributed by atoms with Gasteiger partial charge < -0.3 is 10.2 Å². The van der Waals surface area contributed by atoms with Crippen molar-refractivity contribution in [2.24, 2.45) is 12.9 Å². The molecule has 0 bridgehead atoms. The molecule has 102 valence electrons. The van der Waals surface area contributed by atoms with Crippen LogP contribution in [0.1, 0.15) is 5.56 Å². The Bertz CT molecular complexity index is 581. The molecule has 0 aliphatic heterocycles. The molecule has 0 aliphatic carbocycles. The lowest BCUT2D eigenvalue weighted by molar-refractivity contribution is -0.137. The molecule has 0 saturated carbocycles. The molecule has 0 fully saturated rings. The zero-order valence-corrected chi connectivity index (χ0v) is 9.77. The number of pyridine rings is 1. The largest absolute Gasteiger partial charge is 0.436 e. The topological polar surface area (TPSA) is 78.0 Å². The molecule has 6 nitrogen and oxygen atoms in total. The van der Waals surface area contributed by atoms with E-state index in [9.17, 15) is 13.2 Å². The van der Waals surface area contributed by atoms with Gasteiger partial charge in [-0.15, -0.1) is 0 Å². The van der Waals surface area contributed by atoms with Crippen LogP contribution < -0.4 is 16.0 Å². The summed E-state index contributed by atoms with van der Waals surface area (Å²) >= 11 is 0. The van der Waals surface area contributed by atoms with Crippen LogP contribution in [0.2, 0.25) is 0 Å². The molecule has 19 heavy (non-hydrogen) atoms. The van der Waals surface area contributed by atoms with Crippen molar-refractivity contribution >= 4 is 5.82 Å². The fourth-order valence-corrected chi connectivity index (χ4v) is 1.37. The molecular weight excluding hydrogens is 263 g/mol. The van der Waals surface area contributed by atoms with E-state index < -0.39 is 11.7 Å². The van der Waals surface area contributed by atoms with Gasteiger partial charge in [-0.05, 0) is 6.07 Å². The smallest absolute Gasteiger partial charge is 0.416 e. The first-order valence-corrected chi connectivity index (χ1v) is 5.11. The first-order valence-electron chi connectivity index (χ1n) is 5.11. The number of hydrogen-bond acceptors (Lipinski definition) is 5. The molecule has 0 aromatic carbocycles. The minimum atomic E-state index is -4.51. The third kappa shape index (κ3) is 3.13. The monoisotopic (exact) mass is 273 g/mol. The maximum Gasteiger partial charge on any atom is 0.416 e. The summed E-state index contributed by atoms with van der Waals surface area (Å²) in [4.78, 5) is 3.77. The fraction of sp³-hybridized carbons (Fsp3) is 0.200. The molecule has 2 aromatic rings. The number of hydrogen-bond donors (Lipinski definition) is 2. The Morgan fingerprint density at radius 2 is 2.11 bits per heavy atom. The van der Waals surface area contributed by atoms with Crippen LogP contribution in [0.5, 0.6) is 11.6 Å². The molecular formula is C10H10F3N5O. The third-order valence-corrected chi connectivity index (χ3v) is 2.18. The van der Waals surface area contributed by atoms with Gasteiger partial charge in [-0.1, -0.05) is 0 Å². The number of nitrogens with two attached hydrogens (primary N) is 1. The van der Waals surface area contributed by atoms with Crippen molar-refractivity contribution in [2.75, 3.05) is 5.43 Å². The molecule has 9 heteroatoms. The number of nitrogens with zero attached hydrogens (tertiary/aromatic N) is 3. The van der Waals surface area contributed by atoms with Gasteiger partial charge in [0.25, 0.3) is 0 Å². The lowest BCUT2D eigenvalue weighted by Gasteiger charge is -2.10. The Hall–Kier alpha value is -2.29. The van der Waals surface area contributed by atoms with Gasteiger partial charge in [0, 0.05) is 13.1 Å². The number of aromatic nitrogens is 3. The minimum Gasteiger partial charge on any atom is -0.436 e. The Morgan fingerprint density at radius 3 is 2.63 bits per heavy atom. The van der Waals surface area contributed by atoms with E-state index in [0.29, 0.717) is 0 Å². The van der Waals surface area contributed by atoms with E-state index in [1.165, 1.54) is 17.1 Å². The molecule has 0 aliphatic rings. The molecule has 0 atom stereocenters. The molecule has 2 aromatic heterocycles. The summed E-state index contributed by atoms with van der Waals surface area (Å²) in [7, 11) is 1.65. The van der Waals surface area contributed by atoms with Crippen LogP contribution in [0.3, 0.4) is 0 Å². The van der Waals surface area contributed by atoms with Crippen LogP contribution in [-0.4, -0.2) is 14.8 Å². The van der Waals surface area contributed by atoms with E-state index in [-0.39, 0.29) is 17.4 Å². The molecule has 0 radical (unpaired) electrons. The van der Waals surface area contributed by atoms with Gasteiger partial charge in [0.1, 0.15) is 5.82 Å². The molecule has 0 saturated heterocycles. The van der Waals surface area contributed by atoms with Crippen molar-refractivity contribution in [3.8, 4) is 11.6 Å². The fourth-order valence-electron chi connectivity index (χ4n) is 1.37. The number of aryl methyl sites for hydroxylation is 1. The van der Waals surface area contributed by atoms with Crippen LogP contribution in [0.15, 0.2) is 24.5 Å². The number of halogens is 3. The molecule has 3 N–H and O–H groups in total. The third-order valence-electron chi connectivity index (χ3n) is 2.18. The number of ether oxygens (including phenoxy) is 1. The second-order valence-electron chi connectivity index (χ2n) is 3.67. The predicted octanol–water partition coefficient (Wildman–Crippen LogP) is 1.91. The number of nitrogens with one attached hydrogen (secondary N) is 1. The normalized spacial score (nSPS) is 11.4. The molecule has 0 spiro atoms. The van der Waals surface area contributed by atoms with Crippen molar-refractivity contribution in [2.45, 2.75) is 6.18 Å². The molecule has 0 amide bonds. The number of anilines is 1. The number of hydrazine groups is 1. The maximum atomic E-state index is 12.7. The minimum absolute atomic E-state index is 0.145. The number of alkyl halides is 3. The van der Waals surface area contributed by atoms with Gasteiger partial charge in [0.2, 0.25) is 5.88 Å². The summed E-state index contributed by atoms with van der Waals surface area (Å²) < 4.78 is 44.6. The Labute approximate surface area is 106 Å². The highest BCUT2D eigenvalue weighted by molar-refractivity contribution is 5.42. The van der Waals surface area contributed by atoms with Gasteiger partial charge in [0.15, 0.2) is 5.75 Å². The molecule has 2 heterocycles. The van der Waals surface area contributed by atoms with Crippen LogP contribution in [0.4, 0.5) is 19.0 Å². The van der Waals surface area contributed by atoms with Crippen LogP contribution in [-0.2, 0) is 13.2 Å². The van der Waals surface area contributed by atoms with E-state index in [0.717, 1.165) is 12.1 Å². The first-order chi connectivity index (χ1) is 8.88. The van der Waals surface area contributed by atoms with E-state index in [4.69, 9.17) is 10.6 Å². The van der Waals surface area contributed by atoms with Crippen molar-refractivity contribution in [1.29, 1.82) is 0 Å². The molecule has 0 unspecified atom stereocenters. The van der Waals surface area contributed by atoms with E-state index in [1.54, 1.807) is 7.05 Å². The summed E-state index contributed by atoms with van der Waals surface area (Å²) in [5.74, 6) is 4.98. The summed E-state index contributed by atoms with van der Waals surface area (Å²) in [5.41, 5.74) is 1.15. The van der Waals surface area contributed by atoms with Gasteiger partial charge in [-0.3, -0.25) is 4.68 Å². The zero-order valence-electron chi connectivity index (χ0n) is 9.77. The maximum absolute atomic E-state index is 12.7. The van der Waals surface area contributed by atoms with E-state index >= 15 is 0 Å². The Morgan fingerprint density at radius 1 is 1.37 bits per heavy atom. The highest BCUT2D eigenvalue weighted by Gasteiger charge is 2.32. The van der Waals surface area contributed by atoms with Crippen molar-refractivity contribution in [3.63, 3.8) is 0 Å². The SMILES string of the molecule is Cn1cc(Oc2cc(C(F)(F)F)cc(NN)n2)cn1. The summed E-state index contributed by atoms with van der Waals surface area (Å²) in [6, 6.07) is 1.57. The highest BCUT2D eigenvalue weighted by Crippen LogP contribution is 2.33. The number of rotatable bonds is 3.